The van der Waals surface area contributed by atoms with E-state index in [1.807, 2.05) is 0 Å². The first kappa shape index (κ1) is 13.8. The number of amides is 1. The van der Waals surface area contributed by atoms with Crippen molar-refractivity contribution >= 4 is 28.9 Å². The molecule has 0 aliphatic carbocycles. The van der Waals surface area contributed by atoms with Crippen LogP contribution in [0.3, 0.4) is 0 Å². The number of benzene rings is 1. The van der Waals surface area contributed by atoms with E-state index in [1.165, 1.54) is 36.7 Å². The van der Waals surface area contributed by atoms with Gasteiger partial charge < -0.3 is 10.4 Å². The number of hydrogen-bond acceptors (Lipinski definition) is 5. The maximum atomic E-state index is 11.9. The number of rotatable bonds is 3. The maximum absolute atomic E-state index is 11.9. The molecule has 8 heteroatoms. The van der Waals surface area contributed by atoms with E-state index < -0.39 is 10.8 Å². The molecular formula is C12H8ClN3O4. The van der Waals surface area contributed by atoms with Gasteiger partial charge in [0.15, 0.2) is 0 Å². The van der Waals surface area contributed by atoms with Gasteiger partial charge in [0, 0.05) is 17.3 Å². The first-order valence-electron chi connectivity index (χ1n) is 5.36. The number of anilines is 1. The summed E-state index contributed by atoms with van der Waals surface area (Å²) in [5, 5.41) is 22.7. The van der Waals surface area contributed by atoms with Crippen molar-refractivity contribution in [1.82, 2.24) is 4.98 Å². The quantitative estimate of drug-likeness (QED) is 0.668. The zero-order chi connectivity index (χ0) is 14.7. The van der Waals surface area contributed by atoms with Crippen molar-refractivity contribution in [1.29, 1.82) is 0 Å². The van der Waals surface area contributed by atoms with Crippen LogP contribution in [0, 0.1) is 10.1 Å². The van der Waals surface area contributed by atoms with Crippen molar-refractivity contribution in [2.75, 3.05) is 5.32 Å². The molecule has 2 aromatic rings. The number of nitro groups is 1. The third-order valence-electron chi connectivity index (χ3n) is 2.39. The van der Waals surface area contributed by atoms with Crippen LogP contribution in [-0.4, -0.2) is 20.9 Å². The van der Waals surface area contributed by atoms with Crippen molar-refractivity contribution in [2.24, 2.45) is 0 Å². The largest absolute Gasteiger partial charge is 0.506 e. The second kappa shape index (κ2) is 5.54. The van der Waals surface area contributed by atoms with Gasteiger partial charge in [-0.15, -0.1) is 0 Å². The molecule has 2 N–H and O–H groups in total. The van der Waals surface area contributed by atoms with Gasteiger partial charge in [-0.25, -0.2) is 0 Å². The topological polar surface area (TPSA) is 105 Å². The first-order chi connectivity index (χ1) is 9.47. The molecule has 0 atom stereocenters. The molecule has 1 aromatic heterocycles. The average Bonchev–Trinajstić information content (AvgIpc) is 2.38. The van der Waals surface area contributed by atoms with Gasteiger partial charge in [-0.1, -0.05) is 11.6 Å². The van der Waals surface area contributed by atoms with Crippen molar-refractivity contribution in [3.63, 3.8) is 0 Å². The number of nitro benzene ring substituents is 1. The van der Waals surface area contributed by atoms with Gasteiger partial charge in [0.25, 0.3) is 11.6 Å². The van der Waals surface area contributed by atoms with Gasteiger partial charge >= 0.3 is 0 Å². The minimum Gasteiger partial charge on any atom is -0.506 e. The third-order valence-corrected chi connectivity index (χ3v) is 2.62. The summed E-state index contributed by atoms with van der Waals surface area (Å²) < 4.78 is 0. The number of carbonyl (C=O) groups is 1. The molecule has 0 spiro atoms. The predicted octanol–water partition coefficient (Wildman–Crippen LogP) is 2.60. The summed E-state index contributed by atoms with van der Waals surface area (Å²) in [5.74, 6) is -0.822. The summed E-state index contributed by atoms with van der Waals surface area (Å²) in [4.78, 5) is 25.8. The van der Waals surface area contributed by atoms with Crippen LogP contribution in [-0.2, 0) is 0 Å². The molecule has 0 bridgehead atoms. The monoisotopic (exact) mass is 293 g/mol. The molecular weight excluding hydrogens is 286 g/mol. The van der Waals surface area contributed by atoms with Gasteiger partial charge in [0.05, 0.1) is 16.7 Å². The standard InChI is InChI=1S/C12H8ClN3O4/c13-8-1-2-11(16(19)20)10(4-8)15-12(18)7-3-9(17)6-14-5-7/h1-6,17H,(H,15,18). The highest BCUT2D eigenvalue weighted by Crippen LogP contribution is 2.28. The summed E-state index contributed by atoms with van der Waals surface area (Å²) >= 11 is 5.75. The fourth-order valence-corrected chi connectivity index (χ4v) is 1.69. The number of nitrogens with one attached hydrogen (secondary N) is 1. The number of pyridine rings is 1. The molecule has 102 valence electrons. The molecule has 0 radical (unpaired) electrons. The van der Waals surface area contributed by atoms with Crippen LogP contribution in [0.1, 0.15) is 10.4 Å². The molecule has 0 aliphatic rings. The van der Waals surface area contributed by atoms with Crippen LogP contribution in [0.15, 0.2) is 36.7 Å². The van der Waals surface area contributed by atoms with Crippen LogP contribution in [0.25, 0.3) is 0 Å². The Labute approximate surface area is 118 Å². The Morgan fingerprint density at radius 3 is 2.75 bits per heavy atom. The lowest BCUT2D eigenvalue weighted by molar-refractivity contribution is -0.383. The van der Waals surface area contributed by atoms with E-state index in [0.29, 0.717) is 0 Å². The van der Waals surface area contributed by atoms with Crippen molar-refractivity contribution in [3.05, 3.63) is 57.4 Å². The molecule has 0 unspecified atom stereocenters. The second-order valence-corrected chi connectivity index (χ2v) is 4.24. The van der Waals surface area contributed by atoms with Crippen LogP contribution < -0.4 is 5.32 Å². The highest BCUT2D eigenvalue weighted by Gasteiger charge is 2.17. The van der Waals surface area contributed by atoms with Crippen molar-refractivity contribution in [3.8, 4) is 5.75 Å². The summed E-state index contributed by atoms with van der Waals surface area (Å²) in [6, 6.07) is 5.01. The van der Waals surface area contributed by atoms with E-state index >= 15 is 0 Å². The molecule has 7 nitrogen and oxygen atoms in total. The Balaban J connectivity index is 2.32. The lowest BCUT2D eigenvalue weighted by atomic mass is 10.2. The Morgan fingerprint density at radius 2 is 2.10 bits per heavy atom. The Hall–Kier alpha value is -2.67. The molecule has 1 heterocycles. The molecule has 1 amide bonds. The summed E-state index contributed by atoms with van der Waals surface area (Å²) in [6.45, 7) is 0. The number of aromatic nitrogens is 1. The van der Waals surface area contributed by atoms with E-state index in [1.54, 1.807) is 0 Å². The van der Waals surface area contributed by atoms with Crippen LogP contribution >= 0.6 is 11.6 Å². The molecule has 20 heavy (non-hydrogen) atoms. The van der Waals surface area contributed by atoms with Gasteiger partial charge in [-0.2, -0.15) is 0 Å². The molecule has 0 saturated heterocycles. The van der Waals surface area contributed by atoms with Crippen LogP contribution in [0.4, 0.5) is 11.4 Å². The number of hydrogen-bond donors (Lipinski definition) is 2. The number of halogens is 1. The van der Waals surface area contributed by atoms with Gasteiger partial charge in [-0.05, 0) is 18.2 Å². The smallest absolute Gasteiger partial charge is 0.292 e. The fraction of sp³-hybridized carbons (Fsp3) is 0. The highest BCUT2D eigenvalue weighted by atomic mass is 35.5. The summed E-state index contributed by atoms with van der Waals surface area (Å²) in [5.41, 5.74) is -0.244. The lowest BCUT2D eigenvalue weighted by Gasteiger charge is -2.06. The minimum absolute atomic E-state index is 0.0316. The SMILES string of the molecule is O=C(Nc1cc(Cl)ccc1[N+](=O)[O-])c1cncc(O)c1. The summed E-state index contributed by atoms with van der Waals surface area (Å²) in [7, 11) is 0. The first-order valence-corrected chi connectivity index (χ1v) is 5.74. The normalized spacial score (nSPS) is 10.1. The molecule has 0 aliphatic heterocycles. The van der Waals surface area contributed by atoms with Crippen LogP contribution in [0.5, 0.6) is 5.75 Å². The molecule has 0 fully saturated rings. The van der Waals surface area contributed by atoms with Gasteiger partial charge in [0.2, 0.25) is 0 Å². The molecule has 1 aromatic carbocycles. The van der Waals surface area contributed by atoms with E-state index in [0.717, 1.165) is 0 Å². The maximum Gasteiger partial charge on any atom is 0.292 e. The zero-order valence-electron chi connectivity index (χ0n) is 9.91. The van der Waals surface area contributed by atoms with Crippen molar-refractivity contribution in [2.45, 2.75) is 0 Å². The summed E-state index contributed by atoms with van der Waals surface area (Å²) in [6.07, 6.45) is 2.39. The lowest BCUT2D eigenvalue weighted by Crippen LogP contribution is -2.13. The van der Waals surface area contributed by atoms with E-state index in [9.17, 15) is 20.0 Å². The van der Waals surface area contributed by atoms with Gasteiger partial charge in [-0.3, -0.25) is 19.9 Å². The average molecular weight is 294 g/mol. The highest BCUT2D eigenvalue weighted by molar-refractivity contribution is 6.31. The minimum atomic E-state index is -0.640. The van der Waals surface area contributed by atoms with Gasteiger partial charge in [0.1, 0.15) is 11.4 Å². The molecule has 0 saturated carbocycles. The Morgan fingerprint density at radius 1 is 1.35 bits per heavy atom. The Kier molecular flexibility index (Phi) is 3.81. The zero-order valence-corrected chi connectivity index (χ0v) is 10.7. The van der Waals surface area contributed by atoms with Crippen molar-refractivity contribution < 1.29 is 14.8 Å². The Bertz CT molecular complexity index is 690. The second-order valence-electron chi connectivity index (χ2n) is 3.80. The van der Waals surface area contributed by atoms with Crippen LogP contribution in [0.2, 0.25) is 5.02 Å². The molecule has 2 rings (SSSR count). The predicted molar refractivity (Wildman–Crippen MR) is 72.0 cm³/mol. The van der Waals surface area contributed by atoms with E-state index in [4.69, 9.17) is 11.6 Å². The van der Waals surface area contributed by atoms with E-state index in [2.05, 4.69) is 10.3 Å². The number of nitrogens with zero attached hydrogens (tertiary/aromatic N) is 2. The number of carbonyl (C=O) groups excluding carboxylic acids is 1. The fourth-order valence-electron chi connectivity index (χ4n) is 1.51. The number of aromatic hydroxyl groups is 1. The van der Waals surface area contributed by atoms with E-state index in [-0.39, 0.29) is 27.7 Å². The third kappa shape index (κ3) is 3.01.